The molecule has 24 heavy (non-hydrogen) atoms. The van der Waals surface area contributed by atoms with Gasteiger partial charge in [-0.15, -0.1) is 9.24 Å². The summed E-state index contributed by atoms with van der Waals surface area (Å²) in [6, 6.07) is 14.7. The summed E-state index contributed by atoms with van der Waals surface area (Å²) in [5, 5.41) is 1.28. The molecule has 0 heterocycles. The predicted molar refractivity (Wildman–Crippen MR) is 98.9 cm³/mol. The first-order valence-corrected chi connectivity index (χ1v) is 8.33. The van der Waals surface area contributed by atoms with Gasteiger partial charge in [-0.05, 0) is 43.8 Å². The molecular weight excluding hydrogens is 323 g/mol. The van der Waals surface area contributed by atoms with Crippen molar-refractivity contribution in [1.29, 1.82) is 0 Å². The number of carbonyl (C=O) groups is 2. The van der Waals surface area contributed by atoms with Crippen LogP contribution in [0.1, 0.15) is 40.1 Å². The first kappa shape index (κ1) is 19.9. The molecule has 0 bridgehead atoms. The number of aryl methyl sites for hydroxylation is 1. The van der Waals surface area contributed by atoms with E-state index in [4.69, 9.17) is 9.47 Å². The average molecular weight is 346 g/mol. The van der Waals surface area contributed by atoms with Crippen LogP contribution < -0.4 is 5.30 Å². The Kier molecular flexibility index (Phi) is 8.74. The molecular formula is C19H23O4P. The number of esters is 2. The van der Waals surface area contributed by atoms with E-state index in [1.807, 2.05) is 12.1 Å². The van der Waals surface area contributed by atoms with Crippen molar-refractivity contribution in [1.82, 2.24) is 0 Å². The van der Waals surface area contributed by atoms with Crippen LogP contribution in [-0.2, 0) is 9.47 Å². The number of ether oxygens (including phenoxy) is 2. The Morgan fingerprint density at radius 2 is 1.25 bits per heavy atom. The Balaban J connectivity index is 0.000000300. The van der Waals surface area contributed by atoms with Crippen LogP contribution in [0.3, 0.4) is 0 Å². The quantitative estimate of drug-likeness (QED) is 0.628. The predicted octanol–water partition coefficient (Wildman–Crippen LogP) is 3.54. The number of rotatable bonds is 4. The molecule has 128 valence electrons. The van der Waals surface area contributed by atoms with Crippen molar-refractivity contribution in [3.63, 3.8) is 0 Å². The van der Waals surface area contributed by atoms with E-state index in [0.717, 1.165) is 0 Å². The van der Waals surface area contributed by atoms with E-state index in [-0.39, 0.29) is 24.3 Å². The van der Waals surface area contributed by atoms with Crippen LogP contribution >= 0.6 is 9.24 Å². The molecule has 4 nitrogen and oxygen atoms in total. The second-order valence-electron chi connectivity index (χ2n) is 4.84. The normalized spacial score (nSPS) is 9.50. The molecule has 1 unspecified atom stereocenters. The molecule has 0 radical (unpaired) electrons. The summed E-state index contributed by atoms with van der Waals surface area (Å²) in [6.07, 6.45) is 0. The second kappa shape index (κ2) is 10.6. The molecule has 0 aliphatic rings. The van der Waals surface area contributed by atoms with Crippen LogP contribution in [0.2, 0.25) is 0 Å². The Labute approximate surface area is 145 Å². The largest absolute Gasteiger partial charge is 0.462 e. The van der Waals surface area contributed by atoms with Crippen molar-refractivity contribution >= 4 is 26.5 Å². The van der Waals surface area contributed by atoms with Gasteiger partial charge in [-0.3, -0.25) is 0 Å². The lowest BCUT2D eigenvalue weighted by Crippen LogP contribution is -2.13. The maximum Gasteiger partial charge on any atom is 0.338 e. The highest BCUT2D eigenvalue weighted by atomic mass is 31.0. The lowest BCUT2D eigenvalue weighted by atomic mass is 10.1. The van der Waals surface area contributed by atoms with Crippen molar-refractivity contribution in [2.24, 2.45) is 0 Å². The van der Waals surface area contributed by atoms with Crippen LogP contribution in [0.4, 0.5) is 0 Å². The van der Waals surface area contributed by atoms with E-state index in [0.29, 0.717) is 0 Å². The first-order valence-electron chi connectivity index (χ1n) is 7.75. The summed E-state index contributed by atoms with van der Waals surface area (Å²) < 4.78 is 9.70. The highest BCUT2D eigenvalue weighted by molar-refractivity contribution is 7.27. The van der Waals surface area contributed by atoms with Gasteiger partial charge in [0.1, 0.15) is 0 Å². The van der Waals surface area contributed by atoms with E-state index < -0.39 is 11.9 Å². The minimum absolute atomic E-state index is 0.239. The lowest BCUT2D eigenvalue weighted by molar-refractivity contribution is 0.0479. The maximum atomic E-state index is 11.5. The molecule has 0 N–H and O–H groups in total. The summed E-state index contributed by atoms with van der Waals surface area (Å²) in [6.45, 7) is 6.07. The number of hydrogen-bond acceptors (Lipinski definition) is 4. The van der Waals surface area contributed by atoms with E-state index in [2.05, 4.69) is 28.3 Å². The lowest BCUT2D eigenvalue weighted by Gasteiger charge is -2.07. The smallest absolute Gasteiger partial charge is 0.338 e. The molecule has 0 aliphatic heterocycles. The Bertz CT molecular complexity index is 625. The van der Waals surface area contributed by atoms with Gasteiger partial charge < -0.3 is 9.47 Å². The first-order chi connectivity index (χ1) is 11.5. The number of benzene rings is 2. The Hall–Kier alpha value is -2.19. The zero-order chi connectivity index (χ0) is 17.9. The third-order valence-corrected chi connectivity index (χ3v) is 3.75. The van der Waals surface area contributed by atoms with Gasteiger partial charge in [0, 0.05) is 0 Å². The SMILES string of the molecule is CCOC(=O)c1ccccc1C(=O)OCC.Cc1ccccc1P. The topological polar surface area (TPSA) is 52.6 Å². The van der Waals surface area contributed by atoms with Crippen molar-refractivity contribution < 1.29 is 19.1 Å². The summed E-state index contributed by atoms with van der Waals surface area (Å²) >= 11 is 0. The summed E-state index contributed by atoms with van der Waals surface area (Å²) in [5.41, 5.74) is 1.81. The van der Waals surface area contributed by atoms with Gasteiger partial charge in [0.2, 0.25) is 0 Å². The fourth-order valence-corrected chi connectivity index (χ4v) is 2.05. The number of carbonyl (C=O) groups excluding carboxylic acids is 2. The highest BCUT2D eigenvalue weighted by Gasteiger charge is 2.17. The van der Waals surface area contributed by atoms with Crippen molar-refractivity contribution in [2.75, 3.05) is 13.2 Å². The van der Waals surface area contributed by atoms with Crippen molar-refractivity contribution in [3.05, 3.63) is 65.2 Å². The van der Waals surface area contributed by atoms with Gasteiger partial charge in [-0.2, -0.15) is 0 Å². The van der Waals surface area contributed by atoms with Crippen LogP contribution in [0.25, 0.3) is 0 Å². The highest BCUT2D eigenvalue weighted by Crippen LogP contribution is 2.11. The van der Waals surface area contributed by atoms with Gasteiger partial charge in [0.15, 0.2) is 0 Å². The molecule has 2 rings (SSSR count). The van der Waals surface area contributed by atoms with Crippen LogP contribution in [0.15, 0.2) is 48.5 Å². The molecule has 2 aromatic carbocycles. The number of hydrogen-bond donors (Lipinski definition) is 0. The second-order valence-corrected chi connectivity index (χ2v) is 5.47. The molecule has 0 aromatic heterocycles. The Morgan fingerprint density at radius 3 is 1.58 bits per heavy atom. The van der Waals surface area contributed by atoms with E-state index in [9.17, 15) is 9.59 Å². The van der Waals surface area contributed by atoms with Gasteiger partial charge in [0.25, 0.3) is 0 Å². The molecule has 0 fully saturated rings. The molecule has 0 aliphatic carbocycles. The van der Waals surface area contributed by atoms with Crippen LogP contribution in [0, 0.1) is 6.92 Å². The summed E-state index contributed by atoms with van der Waals surface area (Å²) in [4.78, 5) is 23.1. The average Bonchev–Trinajstić information content (AvgIpc) is 2.58. The molecule has 0 spiro atoms. The summed E-state index contributed by atoms with van der Waals surface area (Å²) in [5.74, 6) is -1.02. The van der Waals surface area contributed by atoms with Crippen molar-refractivity contribution in [2.45, 2.75) is 20.8 Å². The van der Waals surface area contributed by atoms with E-state index in [1.54, 1.807) is 38.1 Å². The van der Waals surface area contributed by atoms with Crippen LogP contribution in [-0.4, -0.2) is 25.2 Å². The molecule has 0 saturated heterocycles. The van der Waals surface area contributed by atoms with Crippen LogP contribution in [0.5, 0.6) is 0 Å². The van der Waals surface area contributed by atoms with Crippen molar-refractivity contribution in [3.8, 4) is 0 Å². The zero-order valence-corrected chi connectivity index (χ0v) is 15.4. The fraction of sp³-hybridized carbons (Fsp3) is 0.263. The fourth-order valence-electron chi connectivity index (χ4n) is 1.84. The minimum atomic E-state index is -0.508. The molecule has 2 aromatic rings. The maximum absolute atomic E-state index is 11.5. The minimum Gasteiger partial charge on any atom is -0.462 e. The van der Waals surface area contributed by atoms with Gasteiger partial charge in [-0.1, -0.05) is 36.4 Å². The zero-order valence-electron chi connectivity index (χ0n) is 14.2. The van der Waals surface area contributed by atoms with Gasteiger partial charge in [-0.25, -0.2) is 9.59 Å². The van der Waals surface area contributed by atoms with Gasteiger partial charge in [0.05, 0.1) is 24.3 Å². The van der Waals surface area contributed by atoms with E-state index in [1.165, 1.54) is 10.9 Å². The van der Waals surface area contributed by atoms with Gasteiger partial charge >= 0.3 is 11.9 Å². The third-order valence-electron chi connectivity index (χ3n) is 3.11. The molecule has 0 amide bonds. The molecule has 5 heteroatoms. The third kappa shape index (κ3) is 6.13. The Morgan fingerprint density at radius 1 is 0.833 bits per heavy atom. The molecule has 1 atom stereocenters. The molecule has 0 saturated carbocycles. The summed E-state index contributed by atoms with van der Waals surface area (Å²) in [7, 11) is 2.69. The monoisotopic (exact) mass is 346 g/mol. The van der Waals surface area contributed by atoms with E-state index >= 15 is 0 Å². The standard InChI is InChI=1S/C12H14O4.C7H9P/c1-3-15-11(13)9-7-5-6-8-10(9)12(14)16-4-2;1-6-4-2-3-5-7(6)8/h5-8H,3-4H2,1-2H3;2-5H,8H2,1H3.